The molecule has 1 saturated heterocycles. The number of hydrogen-bond acceptors (Lipinski definition) is 3. The second-order valence-electron chi connectivity index (χ2n) is 14.7. The number of allylic oxidation sites excluding steroid dienone is 8. The number of hydrogen-bond donors (Lipinski definition) is 0. The van der Waals surface area contributed by atoms with Crippen molar-refractivity contribution in [3.63, 3.8) is 0 Å². The first kappa shape index (κ1) is 44.2. The zero-order valence-corrected chi connectivity index (χ0v) is 32.9. The Labute approximate surface area is 311 Å². The average Bonchev–Trinajstić information content (AvgIpc) is 3.51. The maximum absolute atomic E-state index is 6.50. The van der Waals surface area contributed by atoms with Crippen molar-refractivity contribution in [1.82, 2.24) is 4.90 Å². The molecule has 2 atom stereocenters. The van der Waals surface area contributed by atoms with E-state index in [2.05, 4.69) is 97.7 Å². The van der Waals surface area contributed by atoms with Gasteiger partial charge in [-0.3, -0.25) is 4.90 Å². The first-order valence-electron chi connectivity index (χ1n) is 21.4. The van der Waals surface area contributed by atoms with Gasteiger partial charge in [0, 0.05) is 32.8 Å². The summed E-state index contributed by atoms with van der Waals surface area (Å²) in [4.78, 5) is 2.53. The van der Waals surface area contributed by atoms with Crippen LogP contribution in [0.5, 0.6) is 0 Å². The number of rotatable bonds is 34. The lowest BCUT2D eigenvalue weighted by molar-refractivity contribution is -0.0481. The molecular weight excluding hydrogens is 611 g/mol. The maximum Gasteiger partial charge on any atom is 0.0975 e. The van der Waals surface area contributed by atoms with E-state index in [4.69, 9.17) is 9.47 Å². The SMILES string of the molecule is CCCCC/C=C\C/C=C\CCCCCCCCOC1CN(Cc2ccccc2)C[C@H]1OCCCCCCCC/C=C\C/C=C\CCCCC. The van der Waals surface area contributed by atoms with Crippen LogP contribution in [0.15, 0.2) is 78.9 Å². The molecule has 0 N–H and O–H groups in total. The van der Waals surface area contributed by atoms with Crippen LogP contribution < -0.4 is 0 Å². The highest BCUT2D eigenvalue weighted by Crippen LogP contribution is 2.21. The predicted octanol–water partition coefficient (Wildman–Crippen LogP) is 13.9. The number of unbranched alkanes of at least 4 members (excludes halogenated alkanes) is 18. The van der Waals surface area contributed by atoms with Crippen LogP contribution in [0.1, 0.15) is 174 Å². The summed E-state index contributed by atoms with van der Waals surface area (Å²) in [6, 6.07) is 10.9. The lowest BCUT2D eigenvalue weighted by atomic mass is 10.1. The van der Waals surface area contributed by atoms with Crippen molar-refractivity contribution in [2.75, 3.05) is 26.3 Å². The molecule has 1 fully saturated rings. The van der Waals surface area contributed by atoms with Crippen molar-refractivity contribution in [3.05, 3.63) is 84.5 Å². The summed E-state index contributed by atoms with van der Waals surface area (Å²) >= 11 is 0. The van der Waals surface area contributed by atoms with Crippen molar-refractivity contribution < 1.29 is 9.47 Å². The van der Waals surface area contributed by atoms with Crippen LogP contribution in [0.3, 0.4) is 0 Å². The van der Waals surface area contributed by atoms with Crippen LogP contribution in [0, 0.1) is 0 Å². The van der Waals surface area contributed by atoms with E-state index in [1.807, 2.05) is 0 Å². The molecule has 0 aromatic heterocycles. The third-order valence-corrected chi connectivity index (χ3v) is 9.89. The van der Waals surface area contributed by atoms with Crippen molar-refractivity contribution in [2.45, 2.75) is 187 Å². The molecular formula is C47H79NO2. The van der Waals surface area contributed by atoms with Crippen molar-refractivity contribution in [1.29, 1.82) is 0 Å². The topological polar surface area (TPSA) is 21.7 Å². The van der Waals surface area contributed by atoms with E-state index >= 15 is 0 Å². The summed E-state index contributed by atoms with van der Waals surface area (Å²) in [5.41, 5.74) is 1.38. The van der Waals surface area contributed by atoms with E-state index in [-0.39, 0.29) is 12.2 Å². The minimum atomic E-state index is 0.196. The standard InChI is InChI=1S/C47H79NO2/c1-3-5-7-9-11-13-15-17-19-21-23-25-27-29-31-36-40-49-46-43-48(42-45-38-34-33-35-39-45)44-47(46)50-41-37-32-30-28-26-24-22-20-18-16-14-12-10-8-6-4-2/h11-14,17-20,33-35,38-39,46-47H,3-10,15-16,21-32,36-37,40-44H2,1-2H3/b13-11-,14-12-,19-17-,20-18-/t46-,47?/m1/s1. The van der Waals surface area contributed by atoms with Gasteiger partial charge in [-0.05, 0) is 82.6 Å². The summed E-state index contributed by atoms with van der Waals surface area (Å²) in [5.74, 6) is 0. The molecule has 2 rings (SSSR count). The number of benzene rings is 1. The van der Waals surface area contributed by atoms with Crippen LogP contribution >= 0.6 is 0 Å². The molecule has 0 saturated carbocycles. The summed E-state index contributed by atoms with van der Waals surface area (Å²) in [6.45, 7) is 9.20. The third-order valence-electron chi connectivity index (χ3n) is 9.89. The van der Waals surface area contributed by atoms with Crippen LogP contribution in [-0.2, 0) is 16.0 Å². The fraction of sp³-hybridized carbons (Fsp3) is 0.702. The van der Waals surface area contributed by atoms with E-state index in [9.17, 15) is 0 Å². The van der Waals surface area contributed by atoms with Gasteiger partial charge < -0.3 is 9.47 Å². The Balaban J connectivity index is 1.51. The van der Waals surface area contributed by atoms with E-state index < -0.39 is 0 Å². The monoisotopic (exact) mass is 690 g/mol. The Morgan fingerprint density at radius 3 is 1.28 bits per heavy atom. The largest absolute Gasteiger partial charge is 0.374 e. The zero-order chi connectivity index (χ0) is 35.4. The van der Waals surface area contributed by atoms with Gasteiger partial charge >= 0.3 is 0 Å². The highest BCUT2D eigenvalue weighted by atomic mass is 16.5. The van der Waals surface area contributed by atoms with Crippen LogP contribution in [0.2, 0.25) is 0 Å². The molecule has 0 radical (unpaired) electrons. The quantitative estimate of drug-likeness (QED) is 0.0531. The van der Waals surface area contributed by atoms with Crippen LogP contribution in [0.4, 0.5) is 0 Å². The van der Waals surface area contributed by atoms with Gasteiger partial charge in [-0.2, -0.15) is 0 Å². The van der Waals surface area contributed by atoms with Crippen molar-refractivity contribution in [2.24, 2.45) is 0 Å². The minimum Gasteiger partial charge on any atom is -0.374 e. The van der Waals surface area contributed by atoms with Gasteiger partial charge in [-0.25, -0.2) is 0 Å². The van der Waals surface area contributed by atoms with Crippen LogP contribution in [-0.4, -0.2) is 43.4 Å². The van der Waals surface area contributed by atoms with Gasteiger partial charge in [0.2, 0.25) is 0 Å². The molecule has 0 amide bonds. The Hall–Kier alpha value is -1.94. The highest BCUT2D eigenvalue weighted by molar-refractivity contribution is 5.15. The first-order valence-corrected chi connectivity index (χ1v) is 21.4. The van der Waals surface area contributed by atoms with E-state index in [0.717, 1.165) is 45.7 Å². The summed E-state index contributed by atoms with van der Waals surface area (Å²) < 4.78 is 13.0. The summed E-state index contributed by atoms with van der Waals surface area (Å²) in [5, 5.41) is 0. The smallest absolute Gasteiger partial charge is 0.0975 e. The van der Waals surface area contributed by atoms with Gasteiger partial charge in [-0.15, -0.1) is 0 Å². The van der Waals surface area contributed by atoms with Gasteiger partial charge in [0.25, 0.3) is 0 Å². The molecule has 50 heavy (non-hydrogen) atoms. The van der Waals surface area contributed by atoms with Gasteiger partial charge in [0.05, 0.1) is 12.2 Å². The molecule has 0 bridgehead atoms. The second kappa shape index (κ2) is 34.2. The van der Waals surface area contributed by atoms with E-state index in [1.54, 1.807) is 0 Å². The summed E-state index contributed by atoms with van der Waals surface area (Å²) in [7, 11) is 0. The maximum atomic E-state index is 6.50. The highest BCUT2D eigenvalue weighted by Gasteiger charge is 2.34. The Morgan fingerprint density at radius 1 is 0.480 bits per heavy atom. The normalized spacial score (nSPS) is 17.2. The van der Waals surface area contributed by atoms with Gasteiger partial charge in [0.15, 0.2) is 0 Å². The average molecular weight is 690 g/mol. The molecule has 1 aromatic carbocycles. The fourth-order valence-electron chi connectivity index (χ4n) is 6.76. The Kier molecular flexibility index (Phi) is 30.2. The predicted molar refractivity (Wildman–Crippen MR) is 220 cm³/mol. The molecule has 1 unspecified atom stereocenters. The number of likely N-dealkylation sites (tertiary alicyclic amines) is 1. The fourth-order valence-corrected chi connectivity index (χ4v) is 6.76. The molecule has 3 nitrogen and oxygen atoms in total. The molecule has 1 aromatic rings. The molecule has 1 aliphatic heterocycles. The zero-order valence-electron chi connectivity index (χ0n) is 32.9. The Morgan fingerprint density at radius 2 is 0.860 bits per heavy atom. The number of ether oxygens (including phenoxy) is 2. The number of nitrogens with zero attached hydrogens (tertiary/aromatic N) is 1. The van der Waals surface area contributed by atoms with Gasteiger partial charge in [0.1, 0.15) is 0 Å². The van der Waals surface area contributed by atoms with Crippen molar-refractivity contribution >= 4 is 0 Å². The minimum absolute atomic E-state index is 0.196. The molecule has 0 spiro atoms. The lowest BCUT2D eigenvalue weighted by Crippen LogP contribution is -2.30. The summed E-state index contributed by atoms with van der Waals surface area (Å²) in [6.07, 6.45) is 49.9. The molecule has 284 valence electrons. The Bertz CT molecular complexity index is 909. The van der Waals surface area contributed by atoms with Crippen LogP contribution in [0.25, 0.3) is 0 Å². The third kappa shape index (κ3) is 25.9. The van der Waals surface area contributed by atoms with E-state index in [1.165, 1.54) is 147 Å². The molecule has 1 aliphatic rings. The molecule has 0 aliphatic carbocycles. The van der Waals surface area contributed by atoms with E-state index in [0.29, 0.717) is 0 Å². The first-order chi connectivity index (χ1) is 24.8. The lowest BCUT2D eigenvalue weighted by Gasteiger charge is -2.20. The van der Waals surface area contributed by atoms with Crippen molar-refractivity contribution in [3.8, 4) is 0 Å². The molecule has 1 heterocycles. The second-order valence-corrected chi connectivity index (χ2v) is 14.7. The van der Waals surface area contributed by atoms with Gasteiger partial charge in [-0.1, -0.05) is 170 Å². The molecule has 3 heteroatoms.